The summed E-state index contributed by atoms with van der Waals surface area (Å²) in [7, 11) is 1.68. The van der Waals surface area contributed by atoms with Crippen LogP contribution in [0.25, 0.3) is 0 Å². The van der Waals surface area contributed by atoms with E-state index in [1.165, 1.54) is 24.8 Å². The van der Waals surface area contributed by atoms with Crippen molar-refractivity contribution in [1.82, 2.24) is 10.2 Å². The normalized spacial score (nSPS) is 17.0. The maximum absolute atomic E-state index is 12.0. The van der Waals surface area contributed by atoms with Crippen LogP contribution in [0.1, 0.15) is 51.1 Å². The fraction of sp³-hybridized carbons (Fsp3) is 0.632. The van der Waals surface area contributed by atoms with Gasteiger partial charge in [0.15, 0.2) is 0 Å². The number of ether oxygens (including phenoxy) is 1. The molecule has 0 unspecified atom stereocenters. The molecule has 23 heavy (non-hydrogen) atoms. The maximum Gasteiger partial charge on any atom is 0.220 e. The molecule has 1 fully saturated rings. The van der Waals surface area contributed by atoms with Crippen LogP contribution in [0.4, 0.5) is 0 Å². The molecular formula is C19H30N2O2. The molecule has 1 aromatic rings. The van der Waals surface area contributed by atoms with Gasteiger partial charge in [-0.05, 0) is 49.5 Å². The van der Waals surface area contributed by atoms with Gasteiger partial charge in [0.05, 0.1) is 13.2 Å². The summed E-state index contributed by atoms with van der Waals surface area (Å²) in [6.07, 6.45) is 4.39. The Morgan fingerprint density at radius 1 is 1.17 bits per heavy atom. The van der Waals surface area contributed by atoms with Crippen LogP contribution in [0.5, 0.6) is 5.75 Å². The van der Waals surface area contributed by atoms with Gasteiger partial charge in [-0.15, -0.1) is 0 Å². The summed E-state index contributed by atoms with van der Waals surface area (Å²) in [5, 5.41) is 3.13. The van der Waals surface area contributed by atoms with Gasteiger partial charge in [-0.1, -0.05) is 32.4 Å². The van der Waals surface area contributed by atoms with Crippen molar-refractivity contribution >= 4 is 5.91 Å². The van der Waals surface area contributed by atoms with Gasteiger partial charge in [0.25, 0.3) is 0 Å². The Morgan fingerprint density at radius 2 is 1.83 bits per heavy atom. The minimum atomic E-state index is 0.149. The molecule has 0 aliphatic carbocycles. The van der Waals surface area contributed by atoms with Crippen molar-refractivity contribution < 1.29 is 9.53 Å². The van der Waals surface area contributed by atoms with Crippen molar-refractivity contribution in [2.45, 2.75) is 45.6 Å². The summed E-state index contributed by atoms with van der Waals surface area (Å²) in [6, 6.07) is 8.49. The van der Waals surface area contributed by atoms with E-state index in [2.05, 4.69) is 36.2 Å². The molecule has 4 nitrogen and oxygen atoms in total. The lowest BCUT2D eigenvalue weighted by atomic mass is 10.0. The molecular weight excluding hydrogens is 288 g/mol. The number of nitrogens with one attached hydrogen (secondary N) is 1. The Balaban J connectivity index is 2.05. The van der Waals surface area contributed by atoms with Gasteiger partial charge in [-0.2, -0.15) is 0 Å². The van der Waals surface area contributed by atoms with Gasteiger partial charge in [-0.3, -0.25) is 9.69 Å². The number of piperidine rings is 1. The zero-order valence-electron chi connectivity index (χ0n) is 14.7. The molecule has 0 saturated carbocycles. The first-order valence-corrected chi connectivity index (χ1v) is 8.75. The van der Waals surface area contributed by atoms with Gasteiger partial charge >= 0.3 is 0 Å². The molecule has 1 heterocycles. The van der Waals surface area contributed by atoms with Crippen molar-refractivity contribution in [2.24, 2.45) is 5.92 Å². The smallest absolute Gasteiger partial charge is 0.220 e. The summed E-state index contributed by atoms with van der Waals surface area (Å²) in [5.74, 6) is 1.41. The molecule has 0 bridgehead atoms. The lowest BCUT2D eigenvalue weighted by molar-refractivity contribution is -0.122. The standard InChI is InChI=1S/C19H30N2O2/c1-15(2)13-19(22)20-14-18(21-11-5-4-6-12-21)16-7-9-17(23-3)10-8-16/h7-10,15,18H,4-6,11-14H2,1-3H3,(H,20,22)/t18-/m1/s1. The number of likely N-dealkylation sites (tertiary alicyclic amines) is 1. The van der Waals surface area contributed by atoms with E-state index in [1.807, 2.05) is 12.1 Å². The van der Waals surface area contributed by atoms with E-state index >= 15 is 0 Å². The van der Waals surface area contributed by atoms with E-state index in [0.29, 0.717) is 18.9 Å². The zero-order chi connectivity index (χ0) is 16.7. The Morgan fingerprint density at radius 3 is 2.39 bits per heavy atom. The van der Waals surface area contributed by atoms with Gasteiger partial charge in [0.1, 0.15) is 5.75 Å². The predicted octanol–water partition coefficient (Wildman–Crippen LogP) is 3.38. The Bertz CT molecular complexity index is 479. The second kappa shape index (κ2) is 8.92. The van der Waals surface area contributed by atoms with Gasteiger partial charge in [0, 0.05) is 13.0 Å². The topological polar surface area (TPSA) is 41.6 Å². The minimum absolute atomic E-state index is 0.149. The Labute approximate surface area is 140 Å². The second-order valence-electron chi connectivity index (χ2n) is 6.79. The molecule has 1 aliphatic heterocycles. The van der Waals surface area contributed by atoms with Crippen LogP contribution in [0.3, 0.4) is 0 Å². The third kappa shape index (κ3) is 5.54. The van der Waals surface area contributed by atoms with E-state index in [4.69, 9.17) is 4.74 Å². The maximum atomic E-state index is 12.0. The summed E-state index contributed by atoms with van der Waals surface area (Å²) < 4.78 is 5.25. The molecule has 1 saturated heterocycles. The van der Waals surface area contributed by atoms with Crippen LogP contribution in [0.2, 0.25) is 0 Å². The second-order valence-corrected chi connectivity index (χ2v) is 6.79. The minimum Gasteiger partial charge on any atom is -0.497 e. The van der Waals surface area contributed by atoms with Crippen LogP contribution in [-0.2, 0) is 4.79 Å². The highest BCUT2D eigenvalue weighted by molar-refractivity contribution is 5.76. The molecule has 0 spiro atoms. The fourth-order valence-electron chi connectivity index (χ4n) is 3.17. The van der Waals surface area contributed by atoms with Crippen LogP contribution in [0.15, 0.2) is 24.3 Å². The number of rotatable bonds is 7. The molecule has 1 aromatic carbocycles. The average Bonchev–Trinajstić information content (AvgIpc) is 2.56. The van der Waals surface area contributed by atoms with Crippen molar-refractivity contribution in [2.75, 3.05) is 26.7 Å². The molecule has 1 N–H and O–H groups in total. The summed E-state index contributed by atoms with van der Waals surface area (Å²) in [4.78, 5) is 14.5. The quantitative estimate of drug-likeness (QED) is 0.838. The van der Waals surface area contributed by atoms with E-state index in [-0.39, 0.29) is 11.9 Å². The molecule has 0 aromatic heterocycles. The zero-order valence-corrected chi connectivity index (χ0v) is 14.7. The van der Waals surface area contributed by atoms with E-state index < -0.39 is 0 Å². The first-order chi connectivity index (χ1) is 11.1. The van der Waals surface area contributed by atoms with Gasteiger partial charge < -0.3 is 10.1 Å². The van der Waals surface area contributed by atoms with Crippen molar-refractivity contribution in [1.29, 1.82) is 0 Å². The largest absolute Gasteiger partial charge is 0.497 e. The number of hydrogen-bond donors (Lipinski definition) is 1. The summed E-state index contributed by atoms with van der Waals surface area (Å²) in [5.41, 5.74) is 1.25. The van der Waals surface area contributed by atoms with Crippen molar-refractivity contribution in [3.8, 4) is 5.75 Å². The SMILES string of the molecule is COc1ccc([C@@H](CNC(=O)CC(C)C)N2CCCCC2)cc1. The number of carbonyl (C=O) groups excluding carboxylic acids is 1. The lowest BCUT2D eigenvalue weighted by Gasteiger charge is -2.35. The van der Waals surface area contributed by atoms with Crippen molar-refractivity contribution in [3.63, 3.8) is 0 Å². The van der Waals surface area contributed by atoms with Gasteiger partial charge in [-0.25, -0.2) is 0 Å². The highest BCUT2D eigenvalue weighted by atomic mass is 16.5. The monoisotopic (exact) mass is 318 g/mol. The number of carbonyl (C=O) groups is 1. The number of nitrogens with zero attached hydrogens (tertiary/aromatic N) is 1. The highest BCUT2D eigenvalue weighted by Gasteiger charge is 2.23. The van der Waals surface area contributed by atoms with Crippen LogP contribution in [-0.4, -0.2) is 37.6 Å². The number of benzene rings is 1. The molecule has 128 valence electrons. The molecule has 0 radical (unpaired) electrons. The van der Waals surface area contributed by atoms with Crippen LogP contribution in [0, 0.1) is 5.92 Å². The number of amides is 1. The Kier molecular flexibility index (Phi) is 6.90. The third-order valence-electron chi connectivity index (χ3n) is 4.42. The predicted molar refractivity (Wildman–Crippen MR) is 93.6 cm³/mol. The average molecular weight is 318 g/mol. The van der Waals surface area contributed by atoms with E-state index in [9.17, 15) is 4.79 Å². The first-order valence-electron chi connectivity index (χ1n) is 8.75. The molecule has 1 atom stereocenters. The van der Waals surface area contributed by atoms with E-state index in [1.54, 1.807) is 7.11 Å². The van der Waals surface area contributed by atoms with E-state index in [0.717, 1.165) is 18.8 Å². The van der Waals surface area contributed by atoms with Gasteiger partial charge in [0.2, 0.25) is 5.91 Å². The first kappa shape index (κ1) is 17.8. The molecule has 4 heteroatoms. The number of hydrogen-bond acceptors (Lipinski definition) is 3. The number of methoxy groups -OCH3 is 1. The summed E-state index contributed by atoms with van der Waals surface area (Å²) >= 11 is 0. The molecule has 1 aliphatic rings. The summed E-state index contributed by atoms with van der Waals surface area (Å²) in [6.45, 7) is 7.04. The fourth-order valence-corrected chi connectivity index (χ4v) is 3.17. The van der Waals surface area contributed by atoms with Crippen LogP contribution >= 0.6 is 0 Å². The Hall–Kier alpha value is -1.55. The van der Waals surface area contributed by atoms with Crippen molar-refractivity contribution in [3.05, 3.63) is 29.8 Å². The molecule has 1 amide bonds. The third-order valence-corrected chi connectivity index (χ3v) is 4.42. The molecule has 2 rings (SSSR count). The lowest BCUT2D eigenvalue weighted by Crippen LogP contribution is -2.40. The highest BCUT2D eigenvalue weighted by Crippen LogP contribution is 2.25. The van der Waals surface area contributed by atoms with Crippen LogP contribution < -0.4 is 10.1 Å².